The summed E-state index contributed by atoms with van der Waals surface area (Å²) in [4.78, 5) is 14.8. The fraction of sp³-hybridized carbons (Fsp3) is 0.333. The molecule has 0 amide bonds. The van der Waals surface area contributed by atoms with E-state index in [1.807, 2.05) is 24.4 Å². The lowest BCUT2D eigenvalue weighted by atomic mass is 10.2. The van der Waals surface area contributed by atoms with Crippen LogP contribution in [0.1, 0.15) is 24.8 Å². The third-order valence-corrected chi connectivity index (χ3v) is 3.27. The number of carboxylic acids is 1. The van der Waals surface area contributed by atoms with Crippen molar-refractivity contribution in [2.45, 2.75) is 26.2 Å². The monoisotopic (exact) mass is 251 g/mol. The minimum absolute atomic E-state index is 0.113. The Kier molecular flexibility index (Phi) is 3.58. The van der Waals surface area contributed by atoms with Gasteiger partial charge in [0.1, 0.15) is 5.76 Å². The van der Waals surface area contributed by atoms with Crippen molar-refractivity contribution in [1.82, 2.24) is 4.98 Å². The zero-order chi connectivity index (χ0) is 12.3. The second-order valence-corrected chi connectivity index (χ2v) is 4.52. The van der Waals surface area contributed by atoms with Crippen LogP contribution in [0.25, 0.3) is 10.8 Å². The Balaban J connectivity index is 2.09. The summed E-state index contributed by atoms with van der Waals surface area (Å²) in [5, 5.41) is 11.3. The molecule has 5 heteroatoms. The molecule has 0 unspecified atom stereocenters. The summed E-state index contributed by atoms with van der Waals surface area (Å²) in [5.41, 5.74) is 0.807. The number of aryl methyl sites for hydroxylation is 2. The highest BCUT2D eigenvalue weighted by molar-refractivity contribution is 7.13. The highest BCUT2D eigenvalue weighted by atomic mass is 32.1. The fourth-order valence-corrected chi connectivity index (χ4v) is 2.27. The number of aliphatic carboxylic acids is 1. The molecule has 17 heavy (non-hydrogen) atoms. The number of thiazole rings is 1. The van der Waals surface area contributed by atoms with Crippen LogP contribution < -0.4 is 0 Å². The number of hydrogen-bond acceptors (Lipinski definition) is 4. The van der Waals surface area contributed by atoms with Crippen molar-refractivity contribution in [2.24, 2.45) is 0 Å². The van der Waals surface area contributed by atoms with Crippen LogP contribution in [0.3, 0.4) is 0 Å². The first-order valence-corrected chi connectivity index (χ1v) is 6.32. The van der Waals surface area contributed by atoms with E-state index in [0.717, 1.165) is 28.6 Å². The first-order valence-electron chi connectivity index (χ1n) is 5.44. The summed E-state index contributed by atoms with van der Waals surface area (Å²) in [7, 11) is 0. The molecule has 0 radical (unpaired) electrons. The van der Waals surface area contributed by atoms with Gasteiger partial charge in [0.25, 0.3) is 0 Å². The predicted octanol–water partition coefficient (Wildman–Crippen LogP) is 2.98. The molecule has 2 rings (SSSR count). The highest BCUT2D eigenvalue weighted by Gasteiger charge is 2.09. The molecule has 0 aromatic carbocycles. The van der Waals surface area contributed by atoms with E-state index in [1.54, 1.807) is 0 Å². The van der Waals surface area contributed by atoms with Gasteiger partial charge in [-0.05, 0) is 12.1 Å². The fourth-order valence-electron chi connectivity index (χ4n) is 1.45. The third kappa shape index (κ3) is 2.94. The van der Waals surface area contributed by atoms with Crippen molar-refractivity contribution in [3.63, 3.8) is 0 Å². The maximum absolute atomic E-state index is 10.4. The second kappa shape index (κ2) is 5.14. The molecule has 0 bridgehead atoms. The van der Waals surface area contributed by atoms with Crippen LogP contribution in [0.2, 0.25) is 0 Å². The van der Waals surface area contributed by atoms with Gasteiger partial charge < -0.3 is 9.52 Å². The quantitative estimate of drug-likeness (QED) is 0.887. The molecular formula is C12H13NO3S. The number of carbonyl (C=O) groups is 1. The van der Waals surface area contributed by atoms with Crippen molar-refractivity contribution >= 4 is 17.3 Å². The Hall–Kier alpha value is -1.62. The number of hydrogen-bond donors (Lipinski definition) is 1. The van der Waals surface area contributed by atoms with E-state index in [9.17, 15) is 4.79 Å². The van der Waals surface area contributed by atoms with Crippen LogP contribution in [0, 0.1) is 0 Å². The van der Waals surface area contributed by atoms with Gasteiger partial charge in [0, 0.05) is 18.2 Å². The van der Waals surface area contributed by atoms with E-state index in [4.69, 9.17) is 9.52 Å². The molecule has 1 N–H and O–H groups in total. The van der Waals surface area contributed by atoms with Crippen molar-refractivity contribution in [1.29, 1.82) is 0 Å². The molecule has 0 atom stereocenters. The average Bonchev–Trinajstić information content (AvgIpc) is 2.94. The van der Waals surface area contributed by atoms with Gasteiger partial charge in [0.2, 0.25) is 0 Å². The Morgan fingerprint density at radius 2 is 2.35 bits per heavy atom. The van der Waals surface area contributed by atoms with Crippen molar-refractivity contribution in [2.75, 3.05) is 0 Å². The van der Waals surface area contributed by atoms with Gasteiger partial charge in [0.05, 0.1) is 12.1 Å². The Morgan fingerprint density at radius 3 is 3.00 bits per heavy atom. The molecule has 4 nitrogen and oxygen atoms in total. The van der Waals surface area contributed by atoms with Gasteiger partial charge in [-0.3, -0.25) is 4.79 Å². The molecule has 0 aliphatic rings. The highest BCUT2D eigenvalue weighted by Crippen LogP contribution is 2.26. The molecular weight excluding hydrogens is 238 g/mol. The summed E-state index contributed by atoms with van der Waals surface area (Å²) in [6.45, 7) is 2.03. The van der Waals surface area contributed by atoms with Gasteiger partial charge in [0.15, 0.2) is 10.8 Å². The Morgan fingerprint density at radius 1 is 1.53 bits per heavy atom. The molecule has 0 aliphatic carbocycles. The van der Waals surface area contributed by atoms with E-state index in [-0.39, 0.29) is 6.42 Å². The van der Waals surface area contributed by atoms with Crippen LogP contribution >= 0.6 is 11.3 Å². The summed E-state index contributed by atoms with van der Waals surface area (Å²) in [6.07, 6.45) is 1.44. The summed E-state index contributed by atoms with van der Waals surface area (Å²) >= 11 is 1.48. The zero-order valence-electron chi connectivity index (χ0n) is 9.47. The smallest absolute Gasteiger partial charge is 0.303 e. The lowest BCUT2D eigenvalue weighted by Crippen LogP contribution is -1.97. The minimum atomic E-state index is -0.800. The minimum Gasteiger partial charge on any atom is -0.481 e. The molecule has 2 aromatic rings. The first-order chi connectivity index (χ1) is 8.19. The van der Waals surface area contributed by atoms with Crippen molar-refractivity contribution in [3.8, 4) is 10.8 Å². The van der Waals surface area contributed by atoms with Crippen LogP contribution in [0.5, 0.6) is 0 Å². The van der Waals surface area contributed by atoms with Crippen LogP contribution in [0.4, 0.5) is 0 Å². The van der Waals surface area contributed by atoms with E-state index >= 15 is 0 Å². The molecule has 0 aliphatic heterocycles. The van der Waals surface area contributed by atoms with E-state index in [2.05, 4.69) is 4.98 Å². The summed E-state index contributed by atoms with van der Waals surface area (Å²) in [5.74, 6) is 0.890. The number of aromatic nitrogens is 1. The number of carboxylic acid groups (broad SMARTS) is 1. The molecule has 0 fully saturated rings. The lowest BCUT2D eigenvalue weighted by molar-refractivity contribution is -0.136. The largest absolute Gasteiger partial charge is 0.481 e. The van der Waals surface area contributed by atoms with Crippen LogP contribution in [-0.4, -0.2) is 16.1 Å². The SMILES string of the molecule is CCc1ccc(-c2nc(CCC(=O)O)cs2)o1. The second-order valence-electron chi connectivity index (χ2n) is 3.66. The Bertz CT molecular complexity index is 515. The predicted molar refractivity (Wildman–Crippen MR) is 65.2 cm³/mol. The molecule has 0 saturated heterocycles. The van der Waals surface area contributed by atoms with Crippen molar-refractivity contribution in [3.05, 3.63) is 29.0 Å². The van der Waals surface area contributed by atoms with Gasteiger partial charge in [-0.2, -0.15) is 0 Å². The zero-order valence-corrected chi connectivity index (χ0v) is 10.3. The first kappa shape index (κ1) is 11.9. The van der Waals surface area contributed by atoms with Gasteiger partial charge in [-0.15, -0.1) is 11.3 Å². The summed E-state index contributed by atoms with van der Waals surface area (Å²) in [6, 6.07) is 3.84. The maximum atomic E-state index is 10.4. The normalized spacial score (nSPS) is 10.6. The number of rotatable bonds is 5. The van der Waals surface area contributed by atoms with Crippen LogP contribution in [-0.2, 0) is 17.6 Å². The van der Waals surface area contributed by atoms with E-state index < -0.39 is 5.97 Å². The standard InChI is InChI=1S/C12H13NO3S/c1-2-9-4-5-10(16-9)12-13-8(7-17-12)3-6-11(14)15/h4-5,7H,2-3,6H2,1H3,(H,14,15). The molecule has 2 heterocycles. The third-order valence-electron chi connectivity index (χ3n) is 2.37. The van der Waals surface area contributed by atoms with Gasteiger partial charge in [-0.1, -0.05) is 6.92 Å². The van der Waals surface area contributed by atoms with Crippen molar-refractivity contribution < 1.29 is 14.3 Å². The molecule has 90 valence electrons. The Labute approximate surface area is 103 Å². The lowest BCUT2D eigenvalue weighted by Gasteiger charge is -1.91. The molecule has 2 aromatic heterocycles. The number of nitrogens with zero attached hydrogens (tertiary/aromatic N) is 1. The summed E-state index contributed by atoms with van der Waals surface area (Å²) < 4.78 is 5.59. The van der Waals surface area contributed by atoms with E-state index in [0.29, 0.717) is 6.42 Å². The van der Waals surface area contributed by atoms with E-state index in [1.165, 1.54) is 11.3 Å². The molecule has 0 spiro atoms. The topological polar surface area (TPSA) is 63.3 Å². The molecule has 0 saturated carbocycles. The maximum Gasteiger partial charge on any atom is 0.303 e. The van der Waals surface area contributed by atoms with Crippen LogP contribution in [0.15, 0.2) is 21.9 Å². The van der Waals surface area contributed by atoms with Gasteiger partial charge >= 0.3 is 5.97 Å². The number of furan rings is 1. The van der Waals surface area contributed by atoms with Gasteiger partial charge in [-0.25, -0.2) is 4.98 Å². The average molecular weight is 251 g/mol.